The molecule has 0 aliphatic rings. The van der Waals surface area contributed by atoms with Crippen molar-refractivity contribution in [1.82, 2.24) is 0 Å². The predicted molar refractivity (Wildman–Crippen MR) is 73.8 cm³/mol. The van der Waals surface area contributed by atoms with E-state index >= 15 is 0 Å². The molecule has 0 aliphatic heterocycles. The summed E-state index contributed by atoms with van der Waals surface area (Å²) in [7, 11) is 1.27. The molecule has 0 aromatic heterocycles. The number of aryl methyl sites for hydroxylation is 1. The average molecular weight is 281 g/mol. The molecule has 0 N–H and O–H groups in total. The van der Waals surface area contributed by atoms with Crippen LogP contribution in [0, 0.1) is 17.0 Å². The molecule has 1 atom stereocenters. The third kappa shape index (κ3) is 4.22. The van der Waals surface area contributed by atoms with E-state index in [1.54, 1.807) is 13.0 Å². The zero-order chi connectivity index (χ0) is 15.1. The van der Waals surface area contributed by atoms with Gasteiger partial charge in [0.05, 0.1) is 12.0 Å². The standard InChI is InChI=1S/C14H19NO5/c1-4-5-6-13(14(16)19-3)20-12-8-7-10(2)9-11(12)15(17)18/h7-9,13H,4-6H2,1-3H3. The maximum absolute atomic E-state index is 11.7. The van der Waals surface area contributed by atoms with Crippen molar-refractivity contribution in [3.05, 3.63) is 33.9 Å². The fourth-order valence-electron chi connectivity index (χ4n) is 1.77. The largest absolute Gasteiger partial charge is 0.472 e. The van der Waals surface area contributed by atoms with E-state index in [2.05, 4.69) is 4.74 Å². The van der Waals surface area contributed by atoms with Gasteiger partial charge in [0.1, 0.15) is 0 Å². The Labute approximate surface area is 117 Å². The number of unbranched alkanes of at least 4 members (excludes halogenated alkanes) is 1. The Kier molecular flexibility index (Phi) is 5.96. The number of methoxy groups -OCH3 is 1. The quantitative estimate of drug-likeness (QED) is 0.436. The molecule has 0 bridgehead atoms. The molecule has 0 aliphatic carbocycles. The van der Waals surface area contributed by atoms with Crippen molar-refractivity contribution >= 4 is 11.7 Å². The molecule has 0 saturated heterocycles. The Morgan fingerprint density at radius 2 is 2.15 bits per heavy atom. The normalized spacial score (nSPS) is 11.8. The Balaban J connectivity index is 2.98. The Morgan fingerprint density at radius 3 is 2.70 bits per heavy atom. The van der Waals surface area contributed by atoms with E-state index in [4.69, 9.17) is 4.74 Å². The molecule has 0 spiro atoms. The van der Waals surface area contributed by atoms with Gasteiger partial charge in [-0.1, -0.05) is 19.4 Å². The average Bonchev–Trinajstić information content (AvgIpc) is 2.43. The molecule has 0 amide bonds. The van der Waals surface area contributed by atoms with Gasteiger partial charge in [-0.3, -0.25) is 10.1 Å². The summed E-state index contributed by atoms with van der Waals surface area (Å²) in [5.41, 5.74) is 0.614. The highest BCUT2D eigenvalue weighted by Crippen LogP contribution is 2.29. The monoisotopic (exact) mass is 281 g/mol. The van der Waals surface area contributed by atoms with Crippen molar-refractivity contribution < 1.29 is 19.2 Å². The number of nitrogens with zero attached hydrogens (tertiary/aromatic N) is 1. The summed E-state index contributed by atoms with van der Waals surface area (Å²) in [6.45, 7) is 3.74. The highest BCUT2D eigenvalue weighted by Gasteiger charge is 2.24. The van der Waals surface area contributed by atoms with Gasteiger partial charge in [-0.25, -0.2) is 4.79 Å². The van der Waals surface area contributed by atoms with Gasteiger partial charge in [0, 0.05) is 6.07 Å². The van der Waals surface area contributed by atoms with Crippen LogP contribution in [0.25, 0.3) is 0 Å². The highest BCUT2D eigenvalue weighted by atomic mass is 16.6. The minimum absolute atomic E-state index is 0.0899. The number of carbonyl (C=O) groups excluding carboxylic acids is 1. The van der Waals surface area contributed by atoms with E-state index in [-0.39, 0.29) is 11.4 Å². The number of hydrogen-bond donors (Lipinski definition) is 0. The van der Waals surface area contributed by atoms with Crippen LogP contribution in [0.4, 0.5) is 5.69 Å². The molecule has 6 nitrogen and oxygen atoms in total. The summed E-state index contributed by atoms with van der Waals surface area (Å²) >= 11 is 0. The maximum atomic E-state index is 11.7. The molecule has 0 saturated carbocycles. The lowest BCUT2D eigenvalue weighted by molar-refractivity contribution is -0.386. The smallest absolute Gasteiger partial charge is 0.347 e. The minimum atomic E-state index is -0.818. The first kappa shape index (κ1) is 15.9. The number of rotatable bonds is 7. The number of esters is 1. The van der Waals surface area contributed by atoms with Crippen molar-refractivity contribution in [1.29, 1.82) is 0 Å². The molecular weight excluding hydrogens is 262 g/mol. The summed E-state index contributed by atoms with van der Waals surface area (Å²) in [6.07, 6.45) is 1.32. The molecule has 1 aromatic rings. The van der Waals surface area contributed by atoms with E-state index in [9.17, 15) is 14.9 Å². The number of carbonyl (C=O) groups is 1. The van der Waals surface area contributed by atoms with Gasteiger partial charge in [0.2, 0.25) is 0 Å². The third-order valence-corrected chi connectivity index (χ3v) is 2.86. The molecule has 1 unspecified atom stereocenters. The molecule has 6 heteroatoms. The molecule has 0 heterocycles. The van der Waals surface area contributed by atoms with Crippen molar-refractivity contribution in [2.24, 2.45) is 0 Å². The molecule has 0 fully saturated rings. The molecule has 20 heavy (non-hydrogen) atoms. The van der Waals surface area contributed by atoms with Gasteiger partial charge >= 0.3 is 11.7 Å². The van der Waals surface area contributed by atoms with Crippen molar-refractivity contribution in [3.63, 3.8) is 0 Å². The van der Waals surface area contributed by atoms with Crippen LogP contribution in [0.3, 0.4) is 0 Å². The van der Waals surface area contributed by atoms with Crippen molar-refractivity contribution in [2.45, 2.75) is 39.2 Å². The zero-order valence-electron chi connectivity index (χ0n) is 11.9. The van der Waals surface area contributed by atoms with Crippen LogP contribution in [0.15, 0.2) is 18.2 Å². The Morgan fingerprint density at radius 1 is 1.45 bits per heavy atom. The summed E-state index contributed by atoms with van der Waals surface area (Å²) in [5, 5.41) is 11.0. The first-order valence-electron chi connectivity index (χ1n) is 6.49. The molecular formula is C14H19NO5. The fraction of sp³-hybridized carbons (Fsp3) is 0.500. The SMILES string of the molecule is CCCCC(Oc1ccc(C)cc1[N+](=O)[O-])C(=O)OC. The van der Waals surface area contributed by atoms with Gasteiger partial charge in [-0.2, -0.15) is 0 Å². The zero-order valence-corrected chi connectivity index (χ0v) is 11.9. The number of benzene rings is 1. The number of hydrogen-bond acceptors (Lipinski definition) is 5. The second kappa shape index (κ2) is 7.47. The Bertz CT molecular complexity index is 486. The lowest BCUT2D eigenvalue weighted by Crippen LogP contribution is -2.28. The van der Waals surface area contributed by atoms with Crippen LogP contribution in [-0.2, 0) is 9.53 Å². The van der Waals surface area contributed by atoms with Crippen LogP contribution in [0.2, 0.25) is 0 Å². The van der Waals surface area contributed by atoms with Gasteiger partial charge in [-0.05, 0) is 31.4 Å². The van der Waals surface area contributed by atoms with Crippen LogP contribution in [-0.4, -0.2) is 24.1 Å². The summed E-state index contributed by atoms with van der Waals surface area (Å²) in [6, 6.07) is 4.63. The van der Waals surface area contributed by atoms with Crippen LogP contribution >= 0.6 is 0 Å². The molecule has 110 valence electrons. The van der Waals surface area contributed by atoms with E-state index in [0.717, 1.165) is 18.4 Å². The first-order chi connectivity index (χ1) is 9.49. The molecule has 1 rings (SSSR count). The van der Waals surface area contributed by atoms with Crippen LogP contribution in [0.1, 0.15) is 31.7 Å². The van der Waals surface area contributed by atoms with Crippen molar-refractivity contribution in [2.75, 3.05) is 7.11 Å². The van der Waals surface area contributed by atoms with Gasteiger partial charge in [0.25, 0.3) is 0 Å². The summed E-state index contributed by atoms with van der Waals surface area (Å²) in [4.78, 5) is 22.2. The number of nitro benzene ring substituents is 1. The third-order valence-electron chi connectivity index (χ3n) is 2.86. The minimum Gasteiger partial charge on any atom is -0.472 e. The van der Waals surface area contributed by atoms with E-state index in [0.29, 0.717) is 6.42 Å². The summed E-state index contributed by atoms with van der Waals surface area (Å²) in [5.74, 6) is -0.430. The second-order valence-electron chi connectivity index (χ2n) is 4.50. The van der Waals surface area contributed by atoms with Crippen molar-refractivity contribution in [3.8, 4) is 5.75 Å². The number of nitro groups is 1. The topological polar surface area (TPSA) is 78.7 Å². The fourth-order valence-corrected chi connectivity index (χ4v) is 1.77. The maximum Gasteiger partial charge on any atom is 0.347 e. The molecule has 0 radical (unpaired) electrons. The van der Waals surface area contributed by atoms with E-state index in [1.807, 2.05) is 6.92 Å². The van der Waals surface area contributed by atoms with Gasteiger partial charge < -0.3 is 9.47 Å². The molecule has 1 aromatic carbocycles. The van der Waals surface area contributed by atoms with E-state index < -0.39 is 17.0 Å². The predicted octanol–water partition coefficient (Wildman–Crippen LogP) is 3.01. The van der Waals surface area contributed by atoms with Crippen LogP contribution in [0.5, 0.6) is 5.75 Å². The van der Waals surface area contributed by atoms with E-state index in [1.165, 1.54) is 19.2 Å². The highest BCUT2D eigenvalue weighted by molar-refractivity contribution is 5.75. The lowest BCUT2D eigenvalue weighted by atomic mass is 10.1. The summed E-state index contributed by atoms with van der Waals surface area (Å²) < 4.78 is 10.2. The second-order valence-corrected chi connectivity index (χ2v) is 4.50. The van der Waals surface area contributed by atoms with Gasteiger partial charge in [0.15, 0.2) is 11.9 Å². The number of ether oxygens (including phenoxy) is 2. The van der Waals surface area contributed by atoms with Crippen LogP contribution < -0.4 is 4.74 Å². The first-order valence-corrected chi connectivity index (χ1v) is 6.49. The Hall–Kier alpha value is -2.11. The lowest BCUT2D eigenvalue weighted by Gasteiger charge is -2.16. The van der Waals surface area contributed by atoms with Gasteiger partial charge in [-0.15, -0.1) is 0 Å².